The second-order valence-corrected chi connectivity index (χ2v) is 11.0. The Bertz CT molecular complexity index is 1670. The van der Waals surface area contributed by atoms with Gasteiger partial charge in [0.2, 0.25) is 5.91 Å². The number of aromatic nitrogens is 4. The molecule has 2 aromatic carbocycles. The van der Waals surface area contributed by atoms with E-state index >= 15 is 0 Å². The summed E-state index contributed by atoms with van der Waals surface area (Å²) < 4.78 is 5.63. The number of rotatable bonds is 5. The Morgan fingerprint density at radius 3 is 3.08 bits per heavy atom. The van der Waals surface area contributed by atoms with E-state index in [0.717, 1.165) is 79.1 Å². The standard InChI is InChI=1S/C31H32N6O2/c1-20-33-28-15-22(7-8-29(28)39-20)31-26-19-37(13-10-27(26)34-35-31)30(38)14-21-4-3-12-36(17-21)18-24-6-2-5-23-16-32-11-9-25(23)24/h2,5-9,11,15-16,21H,3-4,10,12-14,17-19H2,1H3,(H,34,35)/t21-/m0/s1. The highest BCUT2D eigenvalue weighted by molar-refractivity contribution is 5.85. The molecule has 0 unspecified atom stereocenters. The molecule has 2 aliphatic heterocycles. The topological polar surface area (TPSA) is 91.2 Å². The maximum absolute atomic E-state index is 13.5. The van der Waals surface area contributed by atoms with Crippen molar-refractivity contribution >= 4 is 27.8 Å². The molecule has 198 valence electrons. The third-order valence-corrected chi connectivity index (χ3v) is 8.29. The van der Waals surface area contributed by atoms with Crippen molar-refractivity contribution in [3.63, 3.8) is 0 Å². The molecular weight excluding hydrogens is 488 g/mol. The Labute approximate surface area is 227 Å². The average molecular weight is 521 g/mol. The summed E-state index contributed by atoms with van der Waals surface area (Å²) in [4.78, 5) is 26.8. The Kier molecular flexibility index (Phi) is 6.12. The van der Waals surface area contributed by atoms with Crippen LogP contribution in [-0.4, -0.2) is 55.5 Å². The van der Waals surface area contributed by atoms with Crippen LogP contribution in [0.5, 0.6) is 0 Å². The Balaban J connectivity index is 1.03. The minimum atomic E-state index is 0.249. The van der Waals surface area contributed by atoms with E-state index in [4.69, 9.17) is 4.42 Å². The second kappa shape index (κ2) is 9.93. The zero-order valence-corrected chi connectivity index (χ0v) is 22.2. The number of piperidine rings is 1. The van der Waals surface area contributed by atoms with E-state index in [2.05, 4.69) is 49.3 Å². The molecule has 1 atom stereocenters. The molecule has 8 nitrogen and oxygen atoms in total. The van der Waals surface area contributed by atoms with Gasteiger partial charge in [-0.1, -0.05) is 18.2 Å². The lowest BCUT2D eigenvalue weighted by Gasteiger charge is -2.34. The molecule has 0 saturated carbocycles. The number of likely N-dealkylation sites (tertiary alicyclic amines) is 1. The molecule has 3 aromatic heterocycles. The van der Waals surface area contributed by atoms with Crippen molar-refractivity contribution in [2.24, 2.45) is 5.92 Å². The monoisotopic (exact) mass is 520 g/mol. The molecule has 0 bridgehead atoms. The molecule has 0 radical (unpaired) electrons. The predicted molar refractivity (Wildman–Crippen MR) is 150 cm³/mol. The van der Waals surface area contributed by atoms with Crippen LogP contribution in [0.4, 0.5) is 0 Å². The first-order valence-corrected chi connectivity index (χ1v) is 13.9. The molecule has 5 heterocycles. The van der Waals surface area contributed by atoms with Gasteiger partial charge in [-0.3, -0.25) is 19.8 Å². The Morgan fingerprint density at radius 2 is 2.13 bits per heavy atom. The van der Waals surface area contributed by atoms with Crippen molar-refractivity contribution < 1.29 is 9.21 Å². The van der Waals surface area contributed by atoms with E-state index in [0.29, 0.717) is 24.8 Å². The van der Waals surface area contributed by atoms with Gasteiger partial charge in [0.25, 0.3) is 0 Å². The number of aryl methyl sites for hydroxylation is 1. The molecule has 8 heteroatoms. The smallest absolute Gasteiger partial charge is 0.223 e. The van der Waals surface area contributed by atoms with E-state index in [1.54, 1.807) is 0 Å². The van der Waals surface area contributed by atoms with Crippen LogP contribution >= 0.6 is 0 Å². The molecule has 1 fully saturated rings. The minimum absolute atomic E-state index is 0.249. The van der Waals surface area contributed by atoms with Crippen LogP contribution in [0.25, 0.3) is 33.1 Å². The first kappa shape index (κ1) is 24.0. The van der Waals surface area contributed by atoms with Gasteiger partial charge in [0.05, 0.1) is 5.69 Å². The average Bonchev–Trinajstić information content (AvgIpc) is 3.55. The van der Waals surface area contributed by atoms with Gasteiger partial charge < -0.3 is 9.32 Å². The summed E-state index contributed by atoms with van der Waals surface area (Å²) in [5, 5.41) is 10.3. The molecule has 0 aliphatic carbocycles. The third kappa shape index (κ3) is 4.69. The number of hydrogen-bond donors (Lipinski definition) is 1. The van der Waals surface area contributed by atoms with Crippen LogP contribution < -0.4 is 0 Å². The summed E-state index contributed by atoms with van der Waals surface area (Å²) in [5.41, 5.74) is 7.07. The lowest BCUT2D eigenvalue weighted by molar-refractivity contribution is -0.133. The molecule has 1 N–H and O–H groups in total. The number of nitrogens with zero attached hydrogens (tertiary/aromatic N) is 5. The molecule has 1 saturated heterocycles. The fraction of sp³-hybridized carbons (Fsp3) is 0.355. The van der Waals surface area contributed by atoms with Crippen LogP contribution in [0.2, 0.25) is 0 Å². The van der Waals surface area contributed by atoms with Gasteiger partial charge in [-0.15, -0.1) is 0 Å². The Hall–Kier alpha value is -4.04. The molecule has 5 aromatic rings. The number of carbonyl (C=O) groups is 1. The summed E-state index contributed by atoms with van der Waals surface area (Å²) in [7, 11) is 0. The molecule has 2 aliphatic rings. The zero-order chi connectivity index (χ0) is 26.3. The van der Waals surface area contributed by atoms with Crippen molar-refractivity contribution in [3.8, 4) is 11.3 Å². The number of fused-ring (bicyclic) bond motifs is 3. The summed E-state index contributed by atoms with van der Waals surface area (Å²) >= 11 is 0. The van der Waals surface area contributed by atoms with Gasteiger partial charge in [-0.05, 0) is 60.5 Å². The van der Waals surface area contributed by atoms with Gasteiger partial charge in [-0.25, -0.2) is 4.98 Å². The highest BCUT2D eigenvalue weighted by atomic mass is 16.3. The SMILES string of the molecule is Cc1nc2cc(-c3n[nH]c4c3CN(C(=O)C[C@@H]3CCCN(Cc5cccc6cnccc56)C3)CC4)ccc2o1. The minimum Gasteiger partial charge on any atom is -0.441 e. The van der Waals surface area contributed by atoms with Crippen molar-refractivity contribution in [2.45, 2.75) is 45.7 Å². The first-order valence-electron chi connectivity index (χ1n) is 13.9. The molecule has 1 amide bonds. The van der Waals surface area contributed by atoms with E-state index in [9.17, 15) is 4.79 Å². The van der Waals surface area contributed by atoms with Crippen molar-refractivity contribution in [3.05, 3.63) is 77.6 Å². The fourth-order valence-electron chi connectivity index (χ4n) is 6.34. The number of amides is 1. The number of nitrogens with one attached hydrogen (secondary N) is 1. The first-order chi connectivity index (χ1) is 19.1. The van der Waals surface area contributed by atoms with Crippen LogP contribution in [0.3, 0.4) is 0 Å². The summed E-state index contributed by atoms with van der Waals surface area (Å²) in [6.45, 7) is 6.12. The fourth-order valence-corrected chi connectivity index (χ4v) is 6.34. The maximum Gasteiger partial charge on any atom is 0.223 e. The van der Waals surface area contributed by atoms with Gasteiger partial charge in [0.1, 0.15) is 5.52 Å². The largest absolute Gasteiger partial charge is 0.441 e. The van der Waals surface area contributed by atoms with Crippen molar-refractivity contribution in [2.75, 3.05) is 19.6 Å². The zero-order valence-electron chi connectivity index (χ0n) is 22.2. The maximum atomic E-state index is 13.5. The van der Waals surface area contributed by atoms with Crippen LogP contribution in [0.15, 0.2) is 59.3 Å². The summed E-state index contributed by atoms with van der Waals surface area (Å²) in [6.07, 6.45) is 7.43. The number of benzene rings is 2. The number of oxazole rings is 1. The van der Waals surface area contributed by atoms with E-state index in [-0.39, 0.29) is 5.91 Å². The van der Waals surface area contributed by atoms with Gasteiger partial charge in [0.15, 0.2) is 11.5 Å². The lowest BCUT2D eigenvalue weighted by atomic mass is 9.93. The second-order valence-electron chi connectivity index (χ2n) is 11.0. The van der Waals surface area contributed by atoms with Gasteiger partial charge in [0, 0.05) is 80.5 Å². The number of carbonyl (C=O) groups excluding carboxylic acids is 1. The van der Waals surface area contributed by atoms with Crippen molar-refractivity contribution in [1.82, 2.24) is 30.0 Å². The van der Waals surface area contributed by atoms with E-state index in [1.807, 2.05) is 42.4 Å². The third-order valence-electron chi connectivity index (χ3n) is 8.29. The number of pyridine rings is 1. The molecule has 0 spiro atoms. The number of aromatic amines is 1. The molecule has 7 rings (SSSR count). The van der Waals surface area contributed by atoms with Crippen LogP contribution in [-0.2, 0) is 24.3 Å². The van der Waals surface area contributed by atoms with Gasteiger partial charge in [-0.2, -0.15) is 5.10 Å². The normalized spacial score (nSPS) is 18.1. The highest BCUT2D eigenvalue weighted by Crippen LogP contribution is 2.32. The summed E-state index contributed by atoms with van der Waals surface area (Å²) in [5.74, 6) is 1.28. The predicted octanol–water partition coefficient (Wildman–Crippen LogP) is 5.26. The number of hydrogen-bond acceptors (Lipinski definition) is 6. The van der Waals surface area contributed by atoms with E-state index in [1.165, 1.54) is 16.3 Å². The van der Waals surface area contributed by atoms with Crippen LogP contribution in [0.1, 0.15) is 42.0 Å². The summed E-state index contributed by atoms with van der Waals surface area (Å²) in [6, 6.07) is 14.5. The van der Waals surface area contributed by atoms with Crippen molar-refractivity contribution in [1.29, 1.82) is 0 Å². The quantitative estimate of drug-likeness (QED) is 0.340. The Morgan fingerprint density at radius 1 is 1.18 bits per heavy atom. The van der Waals surface area contributed by atoms with E-state index < -0.39 is 0 Å². The van der Waals surface area contributed by atoms with Gasteiger partial charge >= 0.3 is 0 Å². The highest BCUT2D eigenvalue weighted by Gasteiger charge is 2.29. The molecule has 39 heavy (non-hydrogen) atoms. The lowest BCUT2D eigenvalue weighted by Crippen LogP contribution is -2.40. The number of H-pyrrole nitrogens is 1. The van der Waals surface area contributed by atoms with Crippen LogP contribution in [0, 0.1) is 12.8 Å². The molecular formula is C31H32N6O2.